The number of halogens is 2. The number of hydrogen-bond donors (Lipinski definition) is 1. The molecule has 0 aliphatic heterocycles. The van der Waals surface area contributed by atoms with Crippen LogP contribution in [-0.2, 0) is 6.54 Å². The third-order valence-electron chi connectivity index (χ3n) is 2.79. The number of nitrogens with zero attached hydrogens (tertiary/aromatic N) is 1. The van der Waals surface area contributed by atoms with Crippen LogP contribution in [0, 0.1) is 5.82 Å². The quantitative estimate of drug-likeness (QED) is 0.819. The molecule has 0 atom stereocenters. The first kappa shape index (κ1) is 16.5. The topological polar surface area (TPSA) is 24.9 Å². The highest BCUT2D eigenvalue weighted by atomic mass is 79.9. The summed E-state index contributed by atoms with van der Waals surface area (Å²) in [4.78, 5) is 5.22. The van der Waals surface area contributed by atoms with Crippen LogP contribution in [0.15, 0.2) is 50.9 Å². The van der Waals surface area contributed by atoms with Gasteiger partial charge in [-0.05, 0) is 61.0 Å². The van der Waals surface area contributed by atoms with E-state index in [0.717, 1.165) is 14.4 Å². The summed E-state index contributed by atoms with van der Waals surface area (Å²) in [7, 11) is 0. The van der Waals surface area contributed by atoms with Gasteiger partial charge in [0.2, 0.25) is 0 Å². The molecule has 2 rings (SSSR count). The van der Waals surface area contributed by atoms with Crippen molar-refractivity contribution >= 4 is 27.7 Å². The monoisotopic (exact) mass is 368 g/mol. The van der Waals surface area contributed by atoms with Crippen LogP contribution in [0.3, 0.4) is 0 Å². The fraction of sp³-hybridized carbons (Fsp3) is 0.312. The molecule has 0 aliphatic rings. The number of pyridine rings is 1. The lowest BCUT2D eigenvalue weighted by molar-refractivity contribution is 0.416. The molecule has 0 amide bonds. The smallest absolute Gasteiger partial charge is 0.128 e. The summed E-state index contributed by atoms with van der Waals surface area (Å²) in [5, 5.41) is 4.18. The van der Waals surface area contributed by atoms with Crippen LogP contribution in [0.2, 0.25) is 0 Å². The normalized spacial score (nSPS) is 11.7. The maximum absolute atomic E-state index is 14.1. The van der Waals surface area contributed by atoms with Crippen molar-refractivity contribution in [3.8, 4) is 0 Å². The second kappa shape index (κ2) is 6.90. The van der Waals surface area contributed by atoms with Gasteiger partial charge in [0.1, 0.15) is 10.8 Å². The molecular weight excluding hydrogens is 351 g/mol. The molecule has 112 valence electrons. The van der Waals surface area contributed by atoms with E-state index in [1.54, 1.807) is 12.3 Å². The Hall–Kier alpha value is -0.910. The summed E-state index contributed by atoms with van der Waals surface area (Å²) in [5.41, 5.74) is 0.627. The summed E-state index contributed by atoms with van der Waals surface area (Å²) in [6.45, 7) is 6.69. The predicted molar refractivity (Wildman–Crippen MR) is 89.1 cm³/mol. The Kier molecular flexibility index (Phi) is 5.41. The van der Waals surface area contributed by atoms with Crippen LogP contribution in [0.5, 0.6) is 0 Å². The van der Waals surface area contributed by atoms with Gasteiger partial charge in [-0.1, -0.05) is 17.8 Å². The largest absolute Gasteiger partial charge is 0.308 e. The molecule has 2 aromatic rings. The van der Waals surface area contributed by atoms with Crippen LogP contribution >= 0.6 is 27.7 Å². The Balaban J connectivity index is 2.22. The van der Waals surface area contributed by atoms with Crippen molar-refractivity contribution in [3.05, 3.63) is 52.4 Å². The van der Waals surface area contributed by atoms with Gasteiger partial charge in [-0.3, -0.25) is 0 Å². The van der Waals surface area contributed by atoms with Gasteiger partial charge in [-0.2, -0.15) is 0 Å². The fourth-order valence-electron chi connectivity index (χ4n) is 1.69. The van der Waals surface area contributed by atoms with Crippen LogP contribution in [-0.4, -0.2) is 10.5 Å². The van der Waals surface area contributed by atoms with Crippen LogP contribution < -0.4 is 5.32 Å². The second-order valence-electron chi connectivity index (χ2n) is 5.74. The molecule has 0 spiro atoms. The van der Waals surface area contributed by atoms with E-state index in [1.165, 1.54) is 17.8 Å². The van der Waals surface area contributed by atoms with E-state index in [9.17, 15) is 4.39 Å². The Labute approximate surface area is 137 Å². The SMILES string of the molecule is CC(C)(C)NCc1c(F)cccc1Sc1ccc(Br)cn1. The van der Waals surface area contributed by atoms with Gasteiger partial charge in [0, 0.05) is 33.2 Å². The molecule has 1 heterocycles. The zero-order chi connectivity index (χ0) is 15.5. The zero-order valence-electron chi connectivity index (χ0n) is 12.3. The lowest BCUT2D eigenvalue weighted by Crippen LogP contribution is -2.35. The highest BCUT2D eigenvalue weighted by molar-refractivity contribution is 9.10. The van der Waals surface area contributed by atoms with Crippen molar-refractivity contribution in [3.63, 3.8) is 0 Å². The van der Waals surface area contributed by atoms with Gasteiger partial charge >= 0.3 is 0 Å². The van der Waals surface area contributed by atoms with Crippen molar-refractivity contribution in [2.24, 2.45) is 0 Å². The average molecular weight is 369 g/mol. The summed E-state index contributed by atoms with van der Waals surface area (Å²) in [6, 6.07) is 9.01. The molecule has 2 nitrogen and oxygen atoms in total. The summed E-state index contributed by atoms with van der Waals surface area (Å²) >= 11 is 4.84. The van der Waals surface area contributed by atoms with E-state index >= 15 is 0 Å². The lowest BCUT2D eigenvalue weighted by Gasteiger charge is -2.21. The van der Waals surface area contributed by atoms with Crippen LogP contribution in [0.1, 0.15) is 26.3 Å². The Bertz CT molecular complexity index is 609. The number of hydrogen-bond acceptors (Lipinski definition) is 3. The van der Waals surface area contributed by atoms with Crippen molar-refractivity contribution in [2.75, 3.05) is 0 Å². The number of aromatic nitrogens is 1. The highest BCUT2D eigenvalue weighted by Crippen LogP contribution is 2.31. The number of benzene rings is 1. The van der Waals surface area contributed by atoms with Crippen LogP contribution in [0.25, 0.3) is 0 Å². The van der Waals surface area contributed by atoms with Crippen molar-refractivity contribution in [1.82, 2.24) is 10.3 Å². The Morgan fingerprint density at radius 2 is 2.00 bits per heavy atom. The standard InChI is InChI=1S/C16H18BrFN2S/c1-16(2,3)20-10-12-13(18)5-4-6-14(12)21-15-8-7-11(17)9-19-15/h4-9,20H,10H2,1-3H3. The van der Waals surface area contributed by atoms with E-state index < -0.39 is 0 Å². The molecule has 1 aromatic carbocycles. The summed E-state index contributed by atoms with van der Waals surface area (Å²) in [6.07, 6.45) is 1.74. The number of nitrogens with one attached hydrogen (secondary N) is 1. The van der Waals surface area contributed by atoms with Crippen LogP contribution in [0.4, 0.5) is 4.39 Å². The van der Waals surface area contributed by atoms with E-state index in [4.69, 9.17) is 0 Å². The van der Waals surface area contributed by atoms with Gasteiger partial charge in [-0.25, -0.2) is 9.37 Å². The number of rotatable bonds is 4. The third kappa shape index (κ3) is 5.09. The highest BCUT2D eigenvalue weighted by Gasteiger charge is 2.14. The van der Waals surface area contributed by atoms with Gasteiger partial charge in [0.05, 0.1) is 0 Å². The minimum Gasteiger partial charge on any atom is -0.308 e. The summed E-state index contributed by atoms with van der Waals surface area (Å²) in [5.74, 6) is -0.186. The fourth-order valence-corrected chi connectivity index (χ4v) is 2.84. The molecule has 5 heteroatoms. The maximum atomic E-state index is 14.1. The lowest BCUT2D eigenvalue weighted by atomic mass is 10.1. The van der Waals surface area contributed by atoms with E-state index in [2.05, 4.69) is 47.0 Å². The van der Waals surface area contributed by atoms with Crippen molar-refractivity contribution in [1.29, 1.82) is 0 Å². The molecule has 0 saturated heterocycles. The first-order chi connectivity index (χ1) is 9.85. The molecule has 1 aromatic heterocycles. The minimum atomic E-state index is -0.186. The third-order valence-corrected chi connectivity index (χ3v) is 4.31. The molecule has 0 bridgehead atoms. The first-order valence-corrected chi connectivity index (χ1v) is 8.28. The van der Waals surface area contributed by atoms with Crippen molar-refractivity contribution < 1.29 is 4.39 Å². The zero-order valence-corrected chi connectivity index (χ0v) is 14.7. The molecule has 0 unspecified atom stereocenters. The van der Waals surface area contributed by atoms with Gasteiger partial charge in [0.25, 0.3) is 0 Å². The summed E-state index contributed by atoms with van der Waals surface area (Å²) < 4.78 is 15.0. The Morgan fingerprint density at radius 3 is 2.62 bits per heavy atom. The predicted octanol–water partition coefficient (Wildman–Crippen LogP) is 5.02. The average Bonchev–Trinajstić information content (AvgIpc) is 2.39. The Morgan fingerprint density at radius 1 is 1.24 bits per heavy atom. The molecule has 0 radical (unpaired) electrons. The molecule has 21 heavy (non-hydrogen) atoms. The second-order valence-corrected chi connectivity index (χ2v) is 7.71. The molecule has 0 saturated carbocycles. The van der Waals surface area contributed by atoms with E-state index in [-0.39, 0.29) is 11.4 Å². The molecule has 0 fully saturated rings. The molecular formula is C16H18BrFN2S. The molecule has 1 N–H and O–H groups in total. The minimum absolute atomic E-state index is 0.0555. The van der Waals surface area contributed by atoms with Gasteiger partial charge < -0.3 is 5.32 Å². The van der Waals surface area contributed by atoms with E-state index in [1.807, 2.05) is 18.2 Å². The van der Waals surface area contributed by atoms with E-state index in [0.29, 0.717) is 12.1 Å². The maximum Gasteiger partial charge on any atom is 0.128 e. The van der Waals surface area contributed by atoms with Crippen molar-refractivity contribution in [2.45, 2.75) is 42.8 Å². The van der Waals surface area contributed by atoms with Gasteiger partial charge in [-0.15, -0.1) is 0 Å². The molecule has 0 aliphatic carbocycles. The first-order valence-electron chi connectivity index (χ1n) is 6.67. The van der Waals surface area contributed by atoms with Gasteiger partial charge in [0.15, 0.2) is 0 Å².